The molecule has 0 spiro atoms. The summed E-state index contributed by atoms with van der Waals surface area (Å²) in [5, 5.41) is 0. The van der Waals surface area contributed by atoms with Crippen LogP contribution in [0.25, 0.3) is 0 Å². The molecule has 1 rings (SSSR count). The van der Waals surface area contributed by atoms with Gasteiger partial charge in [0.1, 0.15) is 0 Å². The summed E-state index contributed by atoms with van der Waals surface area (Å²) in [6.07, 6.45) is 0. The molecule has 78 valence electrons. The van der Waals surface area contributed by atoms with Crippen molar-refractivity contribution in [1.82, 2.24) is 0 Å². The molecule has 0 aromatic heterocycles. The van der Waals surface area contributed by atoms with E-state index in [0.717, 1.165) is 29.6 Å². The van der Waals surface area contributed by atoms with Gasteiger partial charge in [-0.05, 0) is 35.0 Å². The Morgan fingerprint density at radius 1 is 0.923 bits per heavy atom. The Bertz CT molecular complexity index is 173. The van der Waals surface area contributed by atoms with Gasteiger partial charge in [-0.25, -0.2) is 0 Å². The Kier molecular flexibility index (Phi) is 2.81. The first-order valence-corrected chi connectivity index (χ1v) is 5.76. The van der Waals surface area contributed by atoms with Gasteiger partial charge >= 0.3 is 0 Å². The highest BCUT2D eigenvalue weighted by molar-refractivity contribution is 4.98. The zero-order valence-corrected chi connectivity index (χ0v) is 10.4. The summed E-state index contributed by atoms with van der Waals surface area (Å²) in [6.45, 7) is 16.8. The van der Waals surface area contributed by atoms with E-state index < -0.39 is 0 Å². The largest absolute Gasteiger partial charge is 0.0625 e. The first-order valence-electron chi connectivity index (χ1n) is 5.76. The predicted octanol–water partition coefficient (Wildman–Crippen LogP) is 4.21. The Labute approximate surface area is 84.1 Å². The van der Waals surface area contributed by atoms with Crippen LogP contribution in [0.1, 0.15) is 48.5 Å². The van der Waals surface area contributed by atoms with Gasteiger partial charge in [-0.15, -0.1) is 0 Å². The second kappa shape index (κ2) is 3.29. The highest BCUT2D eigenvalue weighted by Gasteiger charge is 2.50. The van der Waals surface area contributed by atoms with Crippen molar-refractivity contribution < 1.29 is 0 Å². The molecule has 0 aliphatic heterocycles. The van der Waals surface area contributed by atoms with Gasteiger partial charge in [-0.3, -0.25) is 0 Å². The lowest BCUT2D eigenvalue weighted by Gasteiger charge is -2.57. The molecule has 0 radical (unpaired) electrons. The molecule has 0 saturated heterocycles. The van der Waals surface area contributed by atoms with Gasteiger partial charge in [-0.1, -0.05) is 48.5 Å². The standard InChI is InChI=1S/C13H26/c1-8(2)11-9(3)10(4)12(11)13(5,6)7/h8-12H,1-7H3. The summed E-state index contributed by atoms with van der Waals surface area (Å²) in [5.74, 6) is 4.60. The van der Waals surface area contributed by atoms with Crippen molar-refractivity contribution >= 4 is 0 Å². The van der Waals surface area contributed by atoms with Gasteiger partial charge in [0.25, 0.3) is 0 Å². The van der Waals surface area contributed by atoms with Gasteiger partial charge in [0.2, 0.25) is 0 Å². The maximum atomic E-state index is 2.43. The van der Waals surface area contributed by atoms with Crippen LogP contribution in [0.2, 0.25) is 0 Å². The van der Waals surface area contributed by atoms with Crippen molar-refractivity contribution in [3.63, 3.8) is 0 Å². The van der Waals surface area contributed by atoms with Crippen LogP contribution >= 0.6 is 0 Å². The summed E-state index contributed by atoms with van der Waals surface area (Å²) < 4.78 is 0. The Hall–Kier alpha value is 0. The Morgan fingerprint density at radius 2 is 1.38 bits per heavy atom. The number of rotatable bonds is 1. The van der Waals surface area contributed by atoms with E-state index >= 15 is 0 Å². The summed E-state index contributed by atoms with van der Waals surface area (Å²) in [7, 11) is 0. The van der Waals surface area contributed by atoms with E-state index in [-0.39, 0.29) is 0 Å². The number of hydrogen-bond donors (Lipinski definition) is 0. The predicted molar refractivity (Wildman–Crippen MR) is 59.6 cm³/mol. The van der Waals surface area contributed by atoms with Crippen LogP contribution in [0, 0.1) is 35.0 Å². The average molecular weight is 182 g/mol. The summed E-state index contributed by atoms with van der Waals surface area (Å²) in [6, 6.07) is 0. The van der Waals surface area contributed by atoms with Gasteiger partial charge in [0, 0.05) is 0 Å². The fraction of sp³-hybridized carbons (Fsp3) is 1.00. The van der Waals surface area contributed by atoms with Crippen LogP contribution in [-0.2, 0) is 0 Å². The van der Waals surface area contributed by atoms with Gasteiger partial charge in [-0.2, -0.15) is 0 Å². The minimum atomic E-state index is 0.501. The summed E-state index contributed by atoms with van der Waals surface area (Å²) in [5.41, 5.74) is 0.501. The minimum absolute atomic E-state index is 0.501. The topological polar surface area (TPSA) is 0 Å². The van der Waals surface area contributed by atoms with Crippen LogP contribution in [0.3, 0.4) is 0 Å². The maximum absolute atomic E-state index is 2.43. The highest BCUT2D eigenvalue weighted by Crippen LogP contribution is 2.56. The Morgan fingerprint density at radius 3 is 1.62 bits per heavy atom. The Balaban J connectivity index is 2.74. The smallest absolute Gasteiger partial charge is 0.0303 e. The fourth-order valence-electron chi connectivity index (χ4n) is 3.60. The average Bonchev–Trinajstić information content (AvgIpc) is 1.94. The van der Waals surface area contributed by atoms with Crippen molar-refractivity contribution in [3.05, 3.63) is 0 Å². The molecule has 1 aliphatic carbocycles. The van der Waals surface area contributed by atoms with Gasteiger partial charge in [0.15, 0.2) is 0 Å². The molecule has 0 nitrogen and oxygen atoms in total. The zero-order chi connectivity index (χ0) is 10.4. The van der Waals surface area contributed by atoms with Crippen LogP contribution < -0.4 is 0 Å². The third kappa shape index (κ3) is 1.78. The van der Waals surface area contributed by atoms with Gasteiger partial charge < -0.3 is 0 Å². The third-order valence-corrected chi connectivity index (χ3v) is 4.19. The van der Waals surface area contributed by atoms with Crippen molar-refractivity contribution in [3.8, 4) is 0 Å². The summed E-state index contributed by atoms with van der Waals surface area (Å²) in [4.78, 5) is 0. The lowest BCUT2D eigenvalue weighted by Crippen LogP contribution is -2.52. The first kappa shape index (κ1) is 11.1. The molecule has 4 atom stereocenters. The van der Waals surface area contributed by atoms with E-state index in [2.05, 4.69) is 48.5 Å². The van der Waals surface area contributed by atoms with Crippen LogP contribution in [-0.4, -0.2) is 0 Å². The SMILES string of the molecule is CC(C)C1C(C)C(C)C1C(C)(C)C. The fourth-order valence-corrected chi connectivity index (χ4v) is 3.60. The maximum Gasteiger partial charge on any atom is -0.0303 e. The quantitative estimate of drug-likeness (QED) is 0.570. The molecule has 0 amide bonds. The van der Waals surface area contributed by atoms with Crippen molar-refractivity contribution in [2.24, 2.45) is 35.0 Å². The van der Waals surface area contributed by atoms with E-state index in [1.54, 1.807) is 0 Å². The van der Waals surface area contributed by atoms with Crippen LogP contribution in [0.5, 0.6) is 0 Å². The zero-order valence-electron chi connectivity index (χ0n) is 10.4. The summed E-state index contributed by atoms with van der Waals surface area (Å²) >= 11 is 0. The van der Waals surface area contributed by atoms with Crippen molar-refractivity contribution in [2.75, 3.05) is 0 Å². The number of hydrogen-bond acceptors (Lipinski definition) is 0. The van der Waals surface area contributed by atoms with Crippen molar-refractivity contribution in [1.29, 1.82) is 0 Å². The van der Waals surface area contributed by atoms with E-state index in [0.29, 0.717) is 5.41 Å². The molecule has 4 unspecified atom stereocenters. The molecule has 1 aliphatic rings. The normalized spacial score (nSPS) is 40.6. The molecule has 1 saturated carbocycles. The second-order valence-electron chi connectivity index (χ2n) is 6.43. The lowest BCUT2D eigenvalue weighted by atomic mass is 9.48. The van der Waals surface area contributed by atoms with E-state index in [9.17, 15) is 0 Å². The first-order chi connectivity index (χ1) is 5.76. The molecular formula is C13H26. The molecule has 1 fully saturated rings. The van der Waals surface area contributed by atoms with E-state index in [4.69, 9.17) is 0 Å². The molecule has 0 N–H and O–H groups in total. The molecule has 0 bridgehead atoms. The molecule has 13 heavy (non-hydrogen) atoms. The van der Waals surface area contributed by atoms with Crippen LogP contribution in [0.15, 0.2) is 0 Å². The monoisotopic (exact) mass is 182 g/mol. The van der Waals surface area contributed by atoms with Crippen molar-refractivity contribution in [2.45, 2.75) is 48.5 Å². The second-order valence-corrected chi connectivity index (χ2v) is 6.43. The minimum Gasteiger partial charge on any atom is -0.0625 e. The molecule has 0 aromatic rings. The lowest BCUT2D eigenvalue weighted by molar-refractivity contribution is -0.0926. The van der Waals surface area contributed by atoms with Gasteiger partial charge in [0.05, 0.1) is 0 Å². The van der Waals surface area contributed by atoms with Crippen LogP contribution in [0.4, 0.5) is 0 Å². The molecule has 0 heterocycles. The third-order valence-electron chi connectivity index (χ3n) is 4.19. The molecule has 0 aromatic carbocycles. The van der Waals surface area contributed by atoms with E-state index in [1.807, 2.05) is 0 Å². The van der Waals surface area contributed by atoms with E-state index in [1.165, 1.54) is 0 Å². The molecule has 0 heteroatoms. The molecular weight excluding hydrogens is 156 g/mol. The highest BCUT2D eigenvalue weighted by atomic mass is 14.6.